The number of Topliss-reactive ketones (excluding diaryl/α,β-unsaturated/α-hetero) is 1. The van der Waals surface area contributed by atoms with Crippen molar-refractivity contribution in [2.75, 3.05) is 13.1 Å². The molecular formula is C18H18N4O2S. The molecule has 25 heavy (non-hydrogen) atoms. The molecule has 0 bridgehead atoms. The first kappa shape index (κ1) is 16.1. The molecule has 1 saturated heterocycles. The van der Waals surface area contributed by atoms with Crippen LogP contribution in [0, 0.1) is 5.92 Å². The van der Waals surface area contributed by atoms with Gasteiger partial charge in [0.1, 0.15) is 5.69 Å². The second kappa shape index (κ2) is 6.85. The molecule has 0 unspecified atom stereocenters. The zero-order chi connectivity index (χ0) is 17.2. The van der Waals surface area contributed by atoms with Gasteiger partial charge >= 0.3 is 0 Å². The molecule has 6 nitrogen and oxygen atoms in total. The summed E-state index contributed by atoms with van der Waals surface area (Å²) in [4.78, 5) is 36.4. The third-order valence-electron chi connectivity index (χ3n) is 4.54. The molecule has 1 atom stereocenters. The molecule has 1 fully saturated rings. The topological polar surface area (TPSA) is 67.6 Å². The number of hydrogen-bond donors (Lipinski definition) is 0. The number of fused-ring (bicyclic) bond motifs is 1. The highest BCUT2D eigenvalue weighted by Gasteiger charge is 2.27. The Balaban J connectivity index is 1.49. The molecule has 0 radical (unpaired) electrons. The summed E-state index contributed by atoms with van der Waals surface area (Å²) in [5.74, 6) is 0.0576. The Morgan fingerprint density at radius 1 is 1.36 bits per heavy atom. The van der Waals surface area contributed by atoms with Crippen LogP contribution in [0.5, 0.6) is 0 Å². The first-order chi connectivity index (χ1) is 12.2. The minimum absolute atomic E-state index is 0.0461. The van der Waals surface area contributed by atoms with Gasteiger partial charge in [0, 0.05) is 42.8 Å². The lowest BCUT2D eigenvalue weighted by Gasteiger charge is -2.31. The van der Waals surface area contributed by atoms with Crippen LogP contribution in [0.25, 0.3) is 4.96 Å². The average Bonchev–Trinajstić information content (AvgIpc) is 3.11. The van der Waals surface area contributed by atoms with E-state index in [-0.39, 0.29) is 17.3 Å². The van der Waals surface area contributed by atoms with Crippen molar-refractivity contribution in [3.05, 3.63) is 63.8 Å². The first-order valence-electron chi connectivity index (χ1n) is 8.34. The van der Waals surface area contributed by atoms with E-state index < -0.39 is 0 Å². The Labute approximate surface area is 148 Å². The Kier molecular flexibility index (Phi) is 4.42. The van der Waals surface area contributed by atoms with Crippen LogP contribution in [-0.2, 0) is 6.54 Å². The second-order valence-corrected chi connectivity index (χ2v) is 7.17. The van der Waals surface area contributed by atoms with Crippen molar-refractivity contribution < 1.29 is 4.79 Å². The smallest absolute Gasteiger partial charge is 0.258 e. The predicted molar refractivity (Wildman–Crippen MR) is 95.9 cm³/mol. The van der Waals surface area contributed by atoms with Gasteiger partial charge in [0.2, 0.25) is 0 Å². The molecule has 0 N–H and O–H groups in total. The summed E-state index contributed by atoms with van der Waals surface area (Å²) in [5.41, 5.74) is 1.24. The average molecular weight is 354 g/mol. The first-order valence-corrected chi connectivity index (χ1v) is 9.22. The van der Waals surface area contributed by atoms with E-state index in [4.69, 9.17) is 0 Å². The minimum Gasteiger partial charge on any atom is -0.297 e. The van der Waals surface area contributed by atoms with Gasteiger partial charge in [-0.15, -0.1) is 11.3 Å². The number of nitrogens with zero attached hydrogens (tertiary/aromatic N) is 4. The lowest BCUT2D eigenvalue weighted by molar-refractivity contribution is 0.0805. The standard InChI is InChI=1S/C18H18N4O2S/c23-16-10-14(20-18-22(16)8-9-25-18)12-21-7-3-4-13(11-21)17(24)15-5-1-2-6-19-15/h1-2,5-6,8-10,13H,3-4,7,11-12H2/t13-/m1/s1. The van der Waals surface area contributed by atoms with Gasteiger partial charge in [-0.2, -0.15) is 0 Å². The summed E-state index contributed by atoms with van der Waals surface area (Å²) in [6, 6.07) is 7.02. The molecule has 0 spiro atoms. The van der Waals surface area contributed by atoms with Crippen LogP contribution >= 0.6 is 11.3 Å². The Hall–Kier alpha value is -2.38. The maximum absolute atomic E-state index is 12.6. The zero-order valence-corrected chi connectivity index (χ0v) is 14.5. The van der Waals surface area contributed by atoms with E-state index in [1.165, 1.54) is 11.3 Å². The van der Waals surface area contributed by atoms with E-state index in [0.29, 0.717) is 23.7 Å². The van der Waals surface area contributed by atoms with Crippen LogP contribution in [-0.4, -0.2) is 38.1 Å². The van der Waals surface area contributed by atoms with Gasteiger partial charge in [-0.25, -0.2) is 4.98 Å². The van der Waals surface area contributed by atoms with Crippen molar-refractivity contribution >= 4 is 22.1 Å². The monoisotopic (exact) mass is 354 g/mol. The number of ketones is 1. The summed E-state index contributed by atoms with van der Waals surface area (Å²) < 4.78 is 1.55. The Bertz CT molecular complexity index is 950. The molecule has 0 saturated carbocycles. The van der Waals surface area contributed by atoms with Gasteiger partial charge in [-0.3, -0.25) is 23.9 Å². The SMILES string of the molecule is O=C(c1ccccn1)[C@@H]1CCCN(Cc2cc(=O)n3ccsc3n2)C1. The zero-order valence-electron chi connectivity index (χ0n) is 13.7. The largest absolute Gasteiger partial charge is 0.297 e. The van der Waals surface area contributed by atoms with Crippen LogP contribution in [0.4, 0.5) is 0 Å². The molecule has 7 heteroatoms. The number of pyridine rings is 1. The van der Waals surface area contributed by atoms with Gasteiger partial charge in [-0.1, -0.05) is 6.07 Å². The quantitative estimate of drug-likeness (QED) is 0.672. The van der Waals surface area contributed by atoms with Gasteiger partial charge in [-0.05, 0) is 31.5 Å². The summed E-state index contributed by atoms with van der Waals surface area (Å²) in [7, 11) is 0. The number of rotatable bonds is 4. The summed E-state index contributed by atoms with van der Waals surface area (Å²) >= 11 is 1.45. The van der Waals surface area contributed by atoms with E-state index >= 15 is 0 Å². The lowest BCUT2D eigenvalue weighted by atomic mass is 9.92. The van der Waals surface area contributed by atoms with Crippen molar-refractivity contribution in [2.45, 2.75) is 19.4 Å². The molecule has 1 aliphatic rings. The van der Waals surface area contributed by atoms with Crippen molar-refractivity contribution in [1.82, 2.24) is 19.3 Å². The van der Waals surface area contributed by atoms with Gasteiger partial charge in [0.15, 0.2) is 10.7 Å². The van der Waals surface area contributed by atoms with Crippen LogP contribution in [0.1, 0.15) is 29.0 Å². The van der Waals surface area contributed by atoms with Crippen LogP contribution in [0.3, 0.4) is 0 Å². The number of likely N-dealkylation sites (tertiary alicyclic amines) is 1. The van der Waals surface area contributed by atoms with E-state index in [1.54, 1.807) is 28.9 Å². The van der Waals surface area contributed by atoms with E-state index in [9.17, 15) is 9.59 Å². The molecule has 4 heterocycles. The Morgan fingerprint density at radius 2 is 2.28 bits per heavy atom. The van der Waals surface area contributed by atoms with Gasteiger partial charge < -0.3 is 0 Å². The van der Waals surface area contributed by atoms with Crippen molar-refractivity contribution in [3.8, 4) is 0 Å². The molecule has 0 amide bonds. The molecule has 3 aromatic rings. The number of piperidine rings is 1. The fourth-order valence-electron chi connectivity index (χ4n) is 3.33. The van der Waals surface area contributed by atoms with Crippen molar-refractivity contribution in [1.29, 1.82) is 0 Å². The maximum Gasteiger partial charge on any atom is 0.258 e. The summed E-state index contributed by atoms with van der Waals surface area (Å²) in [5, 5.41) is 1.86. The summed E-state index contributed by atoms with van der Waals surface area (Å²) in [6.07, 6.45) is 5.23. The molecular weight excluding hydrogens is 336 g/mol. The van der Waals surface area contributed by atoms with Gasteiger partial charge in [0.25, 0.3) is 5.56 Å². The highest BCUT2D eigenvalue weighted by Crippen LogP contribution is 2.21. The number of hydrogen-bond acceptors (Lipinski definition) is 6. The Morgan fingerprint density at radius 3 is 3.12 bits per heavy atom. The fourth-order valence-corrected chi connectivity index (χ4v) is 4.07. The predicted octanol–water partition coefficient (Wildman–Crippen LogP) is 2.25. The number of carbonyl (C=O) groups excluding carboxylic acids is 1. The third-order valence-corrected chi connectivity index (χ3v) is 5.29. The van der Waals surface area contributed by atoms with Crippen LogP contribution in [0.2, 0.25) is 0 Å². The number of carbonyl (C=O) groups is 1. The number of thiazole rings is 1. The normalized spacial score (nSPS) is 18.5. The molecule has 4 rings (SSSR count). The highest BCUT2D eigenvalue weighted by atomic mass is 32.1. The number of aromatic nitrogens is 3. The molecule has 1 aliphatic heterocycles. The second-order valence-electron chi connectivity index (χ2n) is 6.29. The third kappa shape index (κ3) is 3.38. The van der Waals surface area contributed by atoms with Crippen molar-refractivity contribution in [3.63, 3.8) is 0 Å². The van der Waals surface area contributed by atoms with Gasteiger partial charge in [0.05, 0.1) is 5.69 Å². The molecule has 0 aliphatic carbocycles. The lowest BCUT2D eigenvalue weighted by Crippen LogP contribution is -2.38. The van der Waals surface area contributed by atoms with Crippen LogP contribution < -0.4 is 5.56 Å². The molecule has 128 valence electrons. The van der Waals surface area contributed by atoms with E-state index in [1.807, 2.05) is 17.5 Å². The van der Waals surface area contributed by atoms with E-state index in [2.05, 4.69) is 14.9 Å². The van der Waals surface area contributed by atoms with Crippen LogP contribution in [0.15, 0.2) is 46.8 Å². The highest BCUT2D eigenvalue weighted by molar-refractivity contribution is 7.15. The minimum atomic E-state index is -0.0561. The molecule has 0 aromatic carbocycles. The molecule has 3 aromatic heterocycles. The fraction of sp³-hybridized carbons (Fsp3) is 0.333. The summed E-state index contributed by atoms with van der Waals surface area (Å²) in [6.45, 7) is 2.19. The van der Waals surface area contributed by atoms with Crippen molar-refractivity contribution in [2.24, 2.45) is 5.92 Å². The van der Waals surface area contributed by atoms with E-state index in [0.717, 1.165) is 25.1 Å². The maximum atomic E-state index is 12.6.